The molecule has 0 aliphatic carbocycles. The van der Waals surface area contributed by atoms with E-state index in [1.54, 1.807) is 0 Å². The van der Waals surface area contributed by atoms with E-state index in [2.05, 4.69) is 11.8 Å². The molecular weight excluding hydrogens is 253 g/mol. The average Bonchev–Trinajstić information content (AvgIpc) is 2.85. The average molecular weight is 272 g/mol. The molecule has 1 aliphatic heterocycles. The Hall–Kier alpha value is -1.07. The number of halogens is 3. The zero-order chi connectivity index (χ0) is 14.0. The van der Waals surface area contributed by atoms with Gasteiger partial charge in [0.15, 0.2) is 17.5 Å². The summed E-state index contributed by atoms with van der Waals surface area (Å²) in [6.45, 7) is 4.13. The van der Waals surface area contributed by atoms with Gasteiger partial charge < -0.3 is 5.73 Å². The summed E-state index contributed by atoms with van der Waals surface area (Å²) in [7, 11) is 0. The van der Waals surface area contributed by atoms with Gasteiger partial charge in [-0.15, -0.1) is 0 Å². The van der Waals surface area contributed by atoms with Crippen molar-refractivity contribution < 1.29 is 13.2 Å². The minimum atomic E-state index is -1.42. The Morgan fingerprint density at radius 2 is 1.95 bits per heavy atom. The van der Waals surface area contributed by atoms with Crippen LogP contribution in [-0.2, 0) is 0 Å². The van der Waals surface area contributed by atoms with Gasteiger partial charge in [0, 0.05) is 19.1 Å². The summed E-state index contributed by atoms with van der Waals surface area (Å²) < 4.78 is 39.6. The monoisotopic (exact) mass is 272 g/mol. The largest absolute Gasteiger partial charge is 0.329 e. The van der Waals surface area contributed by atoms with Gasteiger partial charge in [0.25, 0.3) is 0 Å². The van der Waals surface area contributed by atoms with Crippen LogP contribution in [0.25, 0.3) is 0 Å². The molecule has 0 aromatic heterocycles. The lowest BCUT2D eigenvalue weighted by Crippen LogP contribution is -2.32. The van der Waals surface area contributed by atoms with E-state index in [9.17, 15) is 13.2 Å². The van der Waals surface area contributed by atoms with E-state index in [1.807, 2.05) is 0 Å². The van der Waals surface area contributed by atoms with Gasteiger partial charge in [0.2, 0.25) is 0 Å². The second kappa shape index (κ2) is 5.92. The van der Waals surface area contributed by atoms with Crippen LogP contribution in [0.5, 0.6) is 0 Å². The fourth-order valence-corrected chi connectivity index (χ4v) is 2.74. The first-order chi connectivity index (χ1) is 9.06. The molecule has 2 rings (SSSR count). The molecule has 0 spiro atoms. The van der Waals surface area contributed by atoms with E-state index in [1.165, 1.54) is 0 Å². The topological polar surface area (TPSA) is 29.3 Å². The number of hydrogen-bond acceptors (Lipinski definition) is 2. The van der Waals surface area contributed by atoms with Crippen molar-refractivity contribution in [3.63, 3.8) is 0 Å². The van der Waals surface area contributed by atoms with E-state index in [4.69, 9.17) is 5.73 Å². The number of likely N-dealkylation sites (tertiary alicyclic amines) is 1. The lowest BCUT2D eigenvalue weighted by Gasteiger charge is -2.27. The maximum atomic E-state index is 13.3. The Morgan fingerprint density at radius 3 is 2.42 bits per heavy atom. The first-order valence-corrected chi connectivity index (χ1v) is 6.65. The van der Waals surface area contributed by atoms with Crippen molar-refractivity contribution >= 4 is 0 Å². The van der Waals surface area contributed by atoms with Gasteiger partial charge in [0.05, 0.1) is 0 Å². The highest BCUT2D eigenvalue weighted by Crippen LogP contribution is 2.29. The summed E-state index contributed by atoms with van der Waals surface area (Å²) in [6.07, 6.45) is 2.15. The smallest absolute Gasteiger partial charge is 0.194 e. The van der Waals surface area contributed by atoms with E-state index in [0.29, 0.717) is 11.5 Å². The molecule has 2 atom stereocenters. The van der Waals surface area contributed by atoms with Crippen molar-refractivity contribution in [3.8, 4) is 0 Å². The lowest BCUT2D eigenvalue weighted by molar-refractivity contribution is 0.239. The molecule has 1 heterocycles. The molecule has 106 valence electrons. The summed E-state index contributed by atoms with van der Waals surface area (Å²) in [5.74, 6) is -3.13. The van der Waals surface area contributed by atoms with Gasteiger partial charge in [-0.05, 0) is 36.6 Å². The summed E-state index contributed by atoms with van der Waals surface area (Å²) in [5.41, 5.74) is 6.14. The molecule has 2 unspecified atom stereocenters. The van der Waals surface area contributed by atoms with Gasteiger partial charge in [-0.3, -0.25) is 4.90 Å². The molecule has 2 N–H and O–H groups in total. The minimum absolute atomic E-state index is 0.249. The molecule has 1 aliphatic rings. The van der Waals surface area contributed by atoms with Crippen molar-refractivity contribution in [1.82, 2.24) is 4.90 Å². The normalized spacial score (nSPS) is 21.8. The predicted molar refractivity (Wildman–Crippen MR) is 68.1 cm³/mol. The van der Waals surface area contributed by atoms with Crippen LogP contribution in [0, 0.1) is 23.4 Å². The van der Waals surface area contributed by atoms with E-state index >= 15 is 0 Å². The van der Waals surface area contributed by atoms with Gasteiger partial charge in [-0.2, -0.15) is 0 Å². The van der Waals surface area contributed by atoms with Gasteiger partial charge in [-0.25, -0.2) is 13.2 Å². The third kappa shape index (κ3) is 2.92. The molecule has 1 saturated heterocycles. The van der Waals surface area contributed by atoms with Crippen LogP contribution in [0.3, 0.4) is 0 Å². The van der Waals surface area contributed by atoms with Gasteiger partial charge in [0.1, 0.15) is 0 Å². The zero-order valence-corrected chi connectivity index (χ0v) is 11.0. The molecule has 19 heavy (non-hydrogen) atoms. The van der Waals surface area contributed by atoms with Crippen LogP contribution in [0.2, 0.25) is 0 Å². The Morgan fingerprint density at radius 1 is 1.32 bits per heavy atom. The van der Waals surface area contributed by atoms with Crippen molar-refractivity contribution in [2.24, 2.45) is 11.7 Å². The second-order valence-corrected chi connectivity index (χ2v) is 5.11. The molecule has 1 aromatic carbocycles. The molecule has 5 heteroatoms. The Labute approximate surface area is 111 Å². The van der Waals surface area contributed by atoms with Crippen molar-refractivity contribution in [2.45, 2.75) is 25.8 Å². The highest BCUT2D eigenvalue weighted by atomic mass is 19.2. The predicted octanol–water partition coefficient (Wildman–Crippen LogP) is 2.84. The van der Waals surface area contributed by atoms with Crippen LogP contribution in [-0.4, -0.2) is 24.5 Å². The Bertz CT molecular complexity index is 427. The van der Waals surface area contributed by atoms with Crippen molar-refractivity contribution in [1.29, 1.82) is 0 Å². The van der Waals surface area contributed by atoms with Crippen LogP contribution in [0.1, 0.15) is 31.4 Å². The molecular formula is C14H19F3N2. The van der Waals surface area contributed by atoms with Crippen LogP contribution >= 0.6 is 0 Å². The summed E-state index contributed by atoms with van der Waals surface area (Å²) in [5, 5.41) is 0. The third-order valence-corrected chi connectivity index (χ3v) is 3.95. The number of rotatable bonds is 4. The number of hydrogen-bond donors (Lipinski definition) is 1. The summed E-state index contributed by atoms with van der Waals surface area (Å²) >= 11 is 0. The zero-order valence-electron chi connectivity index (χ0n) is 11.0. The maximum Gasteiger partial charge on any atom is 0.194 e. The van der Waals surface area contributed by atoms with E-state index in [-0.39, 0.29) is 12.6 Å². The molecule has 0 bridgehead atoms. The number of benzene rings is 1. The summed E-state index contributed by atoms with van der Waals surface area (Å²) in [6, 6.07) is 1.85. The molecule has 2 nitrogen and oxygen atoms in total. The SMILES string of the molecule is CCC1CCN(C(CN)c2cc(F)c(F)c(F)c2)C1. The van der Waals surface area contributed by atoms with Crippen LogP contribution in [0.15, 0.2) is 12.1 Å². The molecule has 0 amide bonds. The highest BCUT2D eigenvalue weighted by Gasteiger charge is 2.28. The fraction of sp³-hybridized carbons (Fsp3) is 0.571. The molecule has 0 saturated carbocycles. The maximum absolute atomic E-state index is 13.3. The molecule has 0 radical (unpaired) electrons. The van der Waals surface area contributed by atoms with Gasteiger partial charge in [-0.1, -0.05) is 13.3 Å². The van der Waals surface area contributed by atoms with E-state index in [0.717, 1.165) is 38.1 Å². The highest BCUT2D eigenvalue weighted by molar-refractivity contribution is 5.23. The number of nitrogens with zero attached hydrogens (tertiary/aromatic N) is 1. The first-order valence-electron chi connectivity index (χ1n) is 6.65. The van der Waals surface area contributed by atoms with Gasteiger partial charge >= 0.3 is 0 Å². The Kier molecular flexibility index (Phi) is 4.47. The summed E-state index contributed by atoms with van der Waals surface area (Å²) in [4.78, 5) is 2.13. The molecule has 1 aromatic rings. The fourth-order valence-electron chi connectivity index (χ4n) is 2.74. The molecule has 1 fully saturated rings. The third-order valence-electron chi connectivity index (χ3n) is 3.95. The lowest BCUT2D eigenvalue weighted by atomic mass is 10.0. The quantitative estimate of drug-likeness (QED) is 0.854. The van der Waals surface area contributed by atoms with Crippen molar-refractivity contribution in [2.75, 3.05) is 19.6 Å². The van der Waals surface area contributed by atoms with Crippen LogP contribution < -0.4 is 5.73 Å². The van der Waals surface area contributed by atoms with Crippen molar-refractivity contribution in [3.05, 3.63) is 35.1 Å². The minimum Gasteiger partial charge on any atom is -0.329 e. The van der Waals surface area contributed by atoms with E-state index < -0.39 is 17.5 Å². The Balaban J connectivity index is 2.23. The second-order valence-electron chi connectivity index (χ2n) is 5.11. The first kappa shape index (κ1) is 14.3. The van der Waals surface area contributed by atoms with Crippen LogP contribution in [0.4, 0.5) is 13.2 Å². The standard InChI is InChI=1S/C14H19F3N2/c1-2-9-3-4-19(8-9)13(7-18)10-5-11(15)14(17)12(16)6-10/h5-6,9,13H,2-4,7-8,18H2,1H3. The number of nitrogens with two attached hydrogens (primary N) is 1.